The lowest BCUT2D eigenvalue weighted by Crippen LogP contribution is -2.44. The standard InChI is InChI=1S/C16H24N4OS2.HI/c1-5-17-15(18-8-14-11(2)20-12(3)23-14)19-10-16(4,21)13-6-7-22-9-13;/h6-7,9,21H,5,8,10H2,1-4H3,(H2,17,18,19);1H. The average Bonchev–Trinajstić information content (AvgIpc) is 3.12. The number of aliphatic hydroxyl groups is 1. The molecule has 8 heteroatoms. The van der Waals surface area contributed by atoms with Crippen LogP contribution in [0, 0.1) is 13.8 Å². The Morgan fingerprint density at radius 1 is 1.38 bits per heavy atom. The molecule has 5 nitrogen and oxygen atoms in total. The maximum atomic E-state index is 10.6. The van der Waals surface area contributed by atoms with Crippen LogP contribution in [-0.2, 0) is 12.1 Å². The fourth-order valence-corrected chi connectivity index (χ4v) is 3.79. The Bertz CT molecular complexity index is 653. The summed E-state index contributed by atoms with van der Waals surface area (Å²) >= 11 is 3.26. The van der Waals surface area contributed by atoms with Crippen LogP contribution in [0.1, 0.15) is 35.0 Å². The minimum absolute atomic E-state index is 0. The van der Waals surface area contributed by atoms with Crippen LogP contribution in [0.4, 0.5) is 0 Å². The topological polar surface area (TPSA) is 69.5 Å². The Hall–Kier alpha value is -0.710. The van der Waals surface area contributed by atoms with Gasteiger partial charge in [-0.25, -0.2) is 9.98 Å². The molecule has 0 fully saturated rings. The van der Waals surface area contributed by atoms with Gasteiger partial charge in [0.05, 0.1) is 23.8 Å². The van der Waals surface area contributed by atoms with Gasteiger partial charge in [-0.1, -0.05) is 0 Å². The number of nitrogens with zero attached hydrogens (tertiary/aromatic N) is 2. The monoisotopic (exact) mass is 480 g/mol. The van der Waals surface area contributed by atoms with Crippen molar-refractivity contribution in [1.29, 1.82) is 0 Å². The molecule has 2 aromatic rings. The van der Waals surface area contributed by atoms with Crippen LogP contribution in [0.3, 0.4) is 0 Å². The van der Waals surface area contributed by atoms with Crippen molar-refractivity contribution >= 4 is 52.6 Å². The number of halogens is 1. The molecule has 134 valence electrons. The van der Waals surface area contributed by atoms with Gasteiger partial charge in [0, 0.05) is 11.4 Å². The second-order valence-electron chi connectivity index (χ2n) is 5.58. The molecule has 0 aliphatic carbocycles. The first-order valence-electron chi connectivity index (χ1n) is 7.62. The van der Waals surface area contributed by atoms with Crippen molar-refractivity contribution in [2.45, 2.75) is 39.8 Å². The molecule has 0 aliphatic rings. The SMILES string of the molecule is CCNC(=NCc1sc(C)nc1C)NCC(C)(O)c1ccsc1.I. The van der Waals surface area contributed by atoms with E-state index >= 15 is 0 Å². The molecule has 0 radical (unpaired) electrons. The summed E-state index contributed by atoms with van der Waals surface area (Å²) in [6.45, 7) is 9.61. The van der Waals surface area contributed by atoms with Crippen LogP contribution in [0.25, 0.3) is 0 Å². The van der Waals surface area contributed by atoms with E-state index in [9.17, 15) is 5.11 Å². The number of rotatable bonds is 6. The van der Waals surface area contributed by atoms with Crippen LogP contribution >= 0.6 is 46.7 Å². The van der Waals surface area contributed by atoms with Crippen LogP contribution < -0.4 is 10.6 Å². The Morgan fingerprint density at radius 3 is 2.67 bits per heavy atom. The second kappa shape index (κ2) is 9.69. The molecule has 3 N–H and O–H groups in total. The Balaban J connectivity index is 0.00000288. The maximum absolute atomic E-state index is 10.6. The van der Waals surface area contributed by atoms with E-state index in [1.165, 1.54) is 4.88 Å². The molecule has 0 saturated carbocycles. The molecule has 2 aromatic heterocycles. The quantitative estimate of drug-likeness (QED) is 0.337. The Labute approximate surface area is 168 Å². The number of nitrogens with one attached hydrogen (secondary N) is 2. The molecule has 0 spiro atoms. The van der Waals surface area contributed by atoms with Crippen molar-refractivity contribution < 1.29 is 5.11 Å². The van der Waals surface area contributed by atoms with Gasteiger partial charge >= 0.3 is 0 Å². The number of guanidine groups is 1. The maximum Gasteiger partial charge on any atom is 0.191 e. The van der Waals surface area contributed by atoms with Gasteiger partial charge in [-0.05, 0) is 50.1 Å². The Morgan fingerprint density at radius 2 is 2.12 bits per heavy atom. The number of hydrogen-bond donors (Lipinski definition) is 3. The van der Waals surface area contributed by atoms with E-state index in [4.69, 9.17) is 0 Å². The van der Waals surface area contributed by atoms with E-state index in [0.717, 1.165) is 22.8 Å². The van der Waals surface area contributed by atoms with E-state index in [1.54, 1.807) is 22.7 Å². The second-order valence-corrected chi connectivity index (χ2v) is 7.64. The zero-order valence-corrected chi connectivity index (χ0v) is 18.4. The smallest absolute Gasteiger partial charge is 0.191 e. The van der Waals surface area contributed by atoms with Gasteiger partial charge in [0.15, 0.2) is 5.96 Å². The fourth-order valence-electron chi connectivity index (χ4n) is 2.14. The van der Waals surface area contributed by atoms with Crippen molar-refractivity contribution in [2.24, 2.45) is 4.99 Å². The average molecular weight is 480 g/mol. The predicted octanol–water partition coefficient (Wildman–Crippen LogP) is 3.40. The highest BCUT2D eigenvalue weighted by molar-refractivity contribution is 14.0. The number of aliphatic imine (C=N–C) groups is 1. The number of thiophene rings is 1. The molecule has 1 atom stereocenters. The van der Waals surface area contributed by atoms with Crippen LogP contribution in [0.15, 0.2) is 21.8 Å². The summed E-state index contributed by atoms with van der Waals surface area (Å²) in [6.07, 6.45) is 0. The van der Waals surface area contributed by atoms with E-state index in [0.29, 0.717) is 19.0 Å². The largest absolute Gasteiger partial charge is 0.384 e. The van der Waals surface area contributed by atoms with Crippen LogP contribution in [0.5, 0.6) is 0 Å². The molecule has 0 bridgehead atoms. The van der Waals surface area contributed by atoms with Crippen molar-refractivity contribution in [3.05, 3.63) is 38.0 Å². The predicted molar refractivity (Wildman–Crippen MR) is 114 cm³/mol. The summed E-state index contributed by atoms with van der Waals surface area (Å²) < 4.78 is 0. The lowest BCUT2D eigenvalue weighted by atomic mass is 9.99. The third-order valence-electron chi connectivity index (χ3n) is 3.47. The van der Waals surface area contributed by atoms with Crippen molar-refractivity contribution in [3.8, 4) is 0 Å². The first kappa shape index (κ1) is 21.3. The zero-order valence-electron chi connectivity index (χ0n) is 14.4. The number of aromatic nitrogens is 1. The van der Waals surface area contributed by atoms with Crippen LogP contribution in [0.2, 0.25) is 0 Å². The van der Waals surface area contributed by atoms with Crippen LogP contribution in [-0.4, -0.2) is 29.1 Å². The third kappa shape index (κ3) is 5.98. The lowest BCUT2D eigenvalue weighted by molar-refractivity contribution is 0.0621. The van der Waals surface area contributed by atoms with Gasteiger partial charge in [-0.2, -0.15) is 11.3 Å². The van der Waals surface area contributed by atoms with Gasteiger partial charge < -0.3 is 15.7 Å². The molecular weight excluding hydrogens is 455 g/mol. The minimum atomic E-state index is -0.923. The van der Waals surface area contributed by atoms with Gasteiger partial charge in [0.25, 0.3) is 0 Å². The molecule has 0 saturated heterocycles. The molecule has 2 heterocycles. The Kier molecular flexibility index (Phi) is 8.61. The minimum Gasteiger partial charge on any atom is -0.384 e. The third-order valence-corrected chi connectivity index (χ3v) is 5.21. The summed E-state index contributed by atoms with van der Waals surface area (Å²) in [4.78, 5) is 10.2. The van der Waals surface area contributed by atoms with Gasteiger partial charge in [-0.3, -0.25) is 0 Å². The van der Waals surface area contributed by atoms with Crippen molar-refractivity contribution in [2.75, 3.05) is 13.1 Å². The van der Waals surface area contributed by atoms with E-state index in [2.05, 4.69) is 20.6 Å². The lowest BCUT2D eigenvalue weighted by Gasteiger charge is -2.24. The fraction of sp³-hybridized carbons (Fsp3) is 0.500. The molecule has 0 amide bonds. The highest BCUT2D eigenvalue weighted by atomic mass is 127. The van der Waals surface area contributed by atoms with Crippen molar-refractivity contribution in [3.63, 3.8) is 0 Å². The first-order valence-corrected chi connectivity index (χ1v) is 9.38. The number of thiazole rings is 1. The van der Waals surface area contributed by atoms with Gasteiger partial charge in [0.2, 0.25) is 0 Å². The summed E-state index contributed by atoms with van der Waals surface area (Å²) in [5.74, 6) is 0.702. The highest BCUT2D eigenvalue weighted by Gasteiger charge is 2.23. The summed E-state index contributed by atoms with van der Waals surface area (Å²) in [7, 11) is 0. The van der Waals surface area contributed by atoms with E-state index < -0.39 is 5.60 Å². The normalized spacial score (nSPS) is 14.0. The molecule has 1 unspecified atom stereocenters. The molecule has 24 heavy (non-hydrogen) atoms. The summed E-state index contributed by atoms with van der Waals surface area (Å²) in [5, 5.41) is 22.0. The van der Waals surface area contributed by atoms with Gasteiger partial charge in [-0.15, -0.1) is 35.3 Å². The zero-order chi connectivity index (χ0) is 16.9. The van der Waals surface area contributed by atoms with Gasteiger partial charge in [0.1, 0.15) is 5.60 Å². The number of hydrogen-bond acceptors (Lipinski definition) is 5. The van der Waals surface area contributed by atoms with E-state index in [-0.39, 0.29) is 24.0 Å². The van der Waals surface area contributed by atoms with E-state index in [1.807, 2.05) is 44.5 Å². The number of aryl methyl sites for hydroxylation is 2. The highest BCUT2D eigenvalue weighted by Crippen LogP contribution is 2.22. The summed E-state index contributed by atoms with van der Waals surface area (Å²) in [5.41, 5.74) is 1.03. The summed E-state index contributed by atoms with van der Waals surface area (Å²) in [6, 6.07) is 1.94. The molecule has 0 aliphatic heterocycles. The molecular formula is C16H25IN4OS2. The van der Waals surface area contributed by atoms with Crippen molar-refractivity contribution in [1.82, 2.24) is 15.6 Å². The molecule has 0 aromatic carbocycles. The first-order chi connectivity index (χ1) is 10.9. The molecule has 2 rings (SSSR count).